The molecule has 0 radical (unpaired) electrons. The van der Waals surface area contributed by atoms with Gasteiger partial charge in [0.2, 0.25) is 0 Å². The third kappa shape index (κ3) is 3.97. The molecule has 0 bridgehead atoms. The molecule has 0 N–H and O–H groups in total. The third-order valence-corrected chi connectivity index (χ3v) is 4.17. The van der Waals surface area contributed by atoms with Crippen LogP contribution < -0.4 is 0 Å². The minimum absolute atomic E-state index is 0.633. The van der Waals surface area contributed by atoms with E-state index in [1.807, 2.05) is 29.5 Å². The van der Waals surface area contributed by atoms with E-state index in [1.54, 1.807) is 0 Å². The van der Waals surface area contributed by atoms with Crippen molar-refractivity contribution in [3.63, 3.8) is 0 Å². The first-order chi connectivity index (χ1) is 8.75. The fourth-order valence-corrected chi connectivity index (χ4v) is 2.75. The zero-order chi connectivity index (χ0) is 12.8. The van der Waals surface area contributed by atoms with Crippen molar-refractivity contribution in [2.45, 2.75) is 32.8 Å². The van der Waals surface area contributed by atoms with Crippen molar-refractivity contribution in [2.24, 2.45) is 0 Å². The lowest BCUT2D eigenvalue weighted by Crippen LogP contribution is -1.98. The van der Waals surface area contributed by atoms with Crippen molar-refractivity contribution in [2.75, 3.05) is 6.61 Å². The minimum Gasteiger partial charge on any atom is -0.376 e. The molecule has 0 aliphatic heterocycles. The second-order valence-electron chi connectivity index (χ2n) is 4.80. The predicted octanol–water partition coefficient (Wildman–Crippen LogP) is 4.63. The average Bonchev–Trinajstić information content (AvgIpc) is 2.85. The zero-order valence-electron chi connectivity index (χ0n) is 11.1. The molecule has 2 heteroatoms. The molecule has 0 saturated carbocycles. The fraction of sp³-hybridized carbons (Fsp3) is 0.375. The molecule has 0 unspecified atom stereocenters. The summed E-state index contributed by atoms with van der Waals surface area (Å²) in [6.07, 6.45) is 1.01. The Kier molecular flexibility index (Phi) is 4.97. The lowest BCUT2D eigenvalue weighted by Gasteiger charge is -2.03. The SMILES string of the molecule is CC(C)c1cc(CCOCc2ccccc2)cs1. The Labute approximate surface area is 113 Å². The van der Waals surface area contributed by atoms with E-state index < -0.39 is 0 Å². The number of hydrogen-bond acceptors (Lipinski definition) is 2. The van der Waals surface area contributed by atoms with E-state index in [-0.39, 0.29) is 0 Å². The molecule has 1 heterocycles. The molecule has 2 rings (SSSR count). The number of hydrogen-bond donors (Lipinski definition) is 0. The lowest BCUT2D eigenvalue weighted by atomic mass is 10.1. The van der Waals surface area contributed by atoms with E-state index in [2.05, 4.69) is 37.4 Å². The van der Waals surface area contributed by atoms with Crippen LogP contribution in [-0.2, 0) is 17.8 Å². The molecule has 0 spiro atoms. The van der Waals surface area contributed by atoms with Gasteiger partial charge in [0.25, 0.3) is 0 Å². The van der Waals surface area contributed by atoms with Crippen LogP contribution in [0.15, 0.2) is 41.8 Å². The van der Waals surface area contributed by atoms with Gasteiger partial charge >= 0.3 is 0 Å². The van der Waals surface area contributed by atoms with Gasteiger partial charge in [-0.05, 0) is 34.9 Å². The van der Waals surface area contributed by atoms with Crippen molar-refractivity contribution < 1.29 is 4.74 Å². The van der Waals surface area contributed by atoms with Crippen LogP contribution >= 0.6 is 11.3 Å². The Hall–Kier alpha value is -1.12. The van der Waals surface area contributed by atoms with E-state index in [0.29, 0.717) is 12.5 Å². The first kappa shape index (κ1) is 13.3. The van der Waals surface area contributed by atoms with Crippen molar-refractivity contribution in [1.29, 1.82) is 0 Å². The lowest BCUT2D eigenvalue weighted by molar-refractivity contribution is 0.124. The third-order valence-electron chi connectivity index (χ3n) is 2.89. The van der Waals surface area contributed by atoms with Crippen molar-refractivity contribution >= 4 is 11.3 Å². The molecule has 18 heavy (non-hydrogen) atoms. The number of thiophene rings is 1. The van der Waals surface area contributed by atoms with Gasteiger partial charge in [-0.2, -0.15) is 0 Å². The summed E-state index contributed by atoms with van der Waals surface area (Å²) in [7, 11) is 0. The number of benzene rings is 1. The molecule has 0 saturated heterocycles. The van der Waals surface area contributed by atoms with Crippen LogP contribution in [0.1, 0.15) is 35.8 Å². The Morgan fingerprint density at radius 3 is 2.56 bits per heavy atom. The highest BCUT2D eigenvalue weighted by atomic mass is 32.1. The molecular formula is C16H20OS. The van der Waals surface area contributed by atoms with Gasteiger partial charge in [0, 0.05) is 4.88 Å². The van der Waals surface area contributed by atoms with Crippen LogP contribution in [0.5, 0.6) is 0 Å². The average molecular weight is 260 g/mol. The van der Waals surface area contributed by atoms with Crippen molar-refractivity contribution in [3.8, 4) is 0 Å². The van der Waals surface area contributed by atoms with Gasteiger partial charge in [-0.25, -0.2) is 0 Å². The van der Waals surface area contributed by atoms with Crippen molar-refractivity contribution in [1.82, 2.24) is 0 Å². The van der Waals surface area contributed by atoms with Crippen LogP contribution in [0.25, 0.3) is 0 Å². The largest absolute Gasteiger partial charge is 0.376 e. The normalized spacial score (nSPS) is 11.1. The zero-order valence-corrected chi connectivity index (χ0v) is 11.9. The molecule has 0 aliphatic rings. The Bertz CT molecular complexity index is 459. The molecule has 1 nitrogen and oxygen atoms in total. The summed E-state index contributed by atoms with van der Waals surface area (Å²) in [6, 6.07) is 12.6. The van der Waals surface area contributed by atoms with E-state index in [0.717, 1.165) is 13.0 Å². The van der Waals surface area contributed by atoms with Gasteiger partial charge in [-0.1, -0.05) is 44.2 Å². The maximum Gasteiger partial charge on any atom is 0.0717 e. The monoisotopic (exact) mass is 260 g/mol. The van der Waals surface area contributed by atoms with Gasteiger partial charge in [0.05, 0.1) is 13.2 Å². The summed E-state index contributed by atoms with van der Waals surface area (Å²) < 4.78 is 5.70. The molecule has 0 amide bonds. The van der Waals surface area contributed by atoms with E-state index in [9.17, 15) is 0 Å². The highest BCUT2D eigenvalue weighted by Crippen LogP contribution is 2.23. The van der Waals surface area contributed by atoms with E-state index in [1.165, 1.54) is 16.0 Å². The molecular weight excluding hydrogens is 240 g/mol. The highest BCUT2D eigenvalue weighted by Gasteiger charge is 2.03. The summed E-state index contributed by atoms with van der Waals surface area (Å²) in [5, 5.41) is 2.25. The fourth-order valence-electron chi connectivity index (χ4n) is 1.78. The van der Waals surface area contributed by atoms with Crippen LogP contribution in [-0.4, -0.2) is 6.61 Å². The first-order valence-electron chi connectivity index (χ1n) is 6.44. The maximum atomic E-state index is 5.70. The van der Waals surface area contributed by atoms with Crippen LogP contribution in [0.2, 0.25) is 0 Å². The second-order valence-corrected chi connectivity index (χ2v) is 5.74. The topological polar surface area (TPSA) is 9.23 Å². The molecule has 0 atom stereocenters. The van der Waals surface area contributed by atoms with Crippen molar-refractivity contribution in [3.05, 3.63) is 57.8 Å². The molecule has 96 valence electrons. The number of rotatable bonds is 6. The van der Waals surface area contributed by atoms with Gasteiger partial charge in [0.1, 0.15) is 0 Å². The van der Waals surface area contributed by atoms with Crippen LogP contribution in [0.4, 0.5) is 0 Å². The molecule has 0 aliphatic carbocycles. The molecule has 1 aromatic heterocycles. The van der Waals surface area contributed by atoms with Gasteiger partial charge in [0.15, 0.2) is 0 Å². The summed E-state index contributed by atoms with van der Waals surface area (Å²) in [5.41, 5.74) is 2.64. The van der Waals surface area contributed by atoms with Gasteiger partial charge < -0.3 is 4.74 Å². The van der Waals surface area contributed by atoms with E-state index >= 15 is 0 Å². The van der Waals surface area contributed by atoms with Gasteiger partial charge in [-0.3, -0.25) is 0 Å². The van der Waals surface area contributed by atoms with Crippen LogP contribution in [0, 0.1) is 0 Å². The smallest absolute Gasteiger partial charge is 0.0717 e. The predicted molar refractivity (Wildman–Crippen MR) is 78.2 cm³/mol. The highest BCUT2D eigenvalue weighted by molar-refractivity contribution is 7.10. The molecule has 2 aromatic rings. The van der Waals surface area contributed by atoms with Crippen LogP contribution in [0.3, 0.4) is 0 Å². The molecule has 1 aromatic carbocycles. The second kappa shape index (κ2) is 6.72. The maximum absolute atomic E-state index is 5.70. The minimum atomic E-state index is 0.633. The Balaban J connectivity index is 1.72. The first-order valence-corrected chi connectivity index (χ1v) is 7.32. The summed E-state index contributed by atoms with van der Waals surface area (Å²) in [4.78, 5) is 1.47. The summed E-state index contributed by atoms with van der Waals surface area (Å²) >= 11 is 1.86. The van der Waals surface area contributed by atoms with E-state index in [4.69, 9.17) is 4.74 Å². The Morgan fingerprint density at radius 1 is 1.11 bits per heavy atom. The number of ether oxygens (including phenoxy) is 1. The quantitative estimate of drug-likeness (QED) is 0.688. The Morgan fingerprint density at radius 2 is 1.89 bits per heavy atom. The summed E-state index contributed by atoms with van der Waals surface area (Å²) in [6.45, 7) is 5.98. The summed E-state index contributed by atoms with van der Waals surface area (Å²) in [5.74, 6) is 0.633. The van der Waals surface area contributed by atoms with Gasteiger partial charge in [-0.15, -0.1) is 11.3 Å². The standard InChI is InChI=1S/C16H20OS/c1-13(2)16-10-15(12-18-16)8-9-17-11-14-6-4-3-5-7-14/h3-7,10,12-13H,8-9,11H2,1-2H3. The molecule has 0 fully saturated rings.